The van der Waals surface area contributed by atoms with E-state index in [2.05, 4.69) is 29.9 Å². The molecule has 10 nitrogen and oxygen atoms in total. The van der Waals surface area contributed by atoms with Crippen LogP contribution in [0.2, 0.25) is 5.02 Å². The number of anilines is 1. The second-order valence-electron chi connectivity index (χ2n) is 7.28. The molecule has 3 aromatic heterocycles. The van der Waals surface area contributed by atoms with E-state index in [1.54, 1.807) is 24.2 Å². The first-order valence-electron chi connectivity index (χ1n) is 10.1. The van der Waals surface area contributed by atoms with E-state index in [4.69, 9.17) is 20.8 Å². The second-order valence-corrected chi connectivity index (χ2v) is 7.69. The van der Waals surface area contributed by atoms with E-state index in [9.17, 15) is 4.79 Å². The van der Waals surface area contributed by atoms with E-state index < -0.39 is 6.17 Å². The first-order chi connectivity index (χ1) is 15.7. The first-order valence-corrected chi connectivity index (χ1v) is 10.4. The Labute approximate surface area is 188 Å². The van der Waals surface area contributed by atoms with Crippen LogP contribution in [0.5, 0.6) is 5.75 Å². The molecule has 11 heteroatoms. The van der Waals surface area contributed by atoms with E-state index in [-0.39, 0.29) is 0 Å². The lowest BCUT2D eigenvalue weighted by atomic mass is 10.2. The molecule has 4 heterocycles. The third-order valence-corrected chi connectivity index (χ3v) is 5.88. The van der Waals surface area contributed by atoms with E-state index in [1.807, 2.05) is 18.2 Å². The summed E-state index contributed by atoms with van der Waals surface area (Å²) in [4.78, 5) is 29.1. The number of fused-ring (bicyclic) bond motifs is 1. The predicted octanol–water partition coefficient (Wildman–Crippen LogP) is 2.66. The fourth-order valence-corrected chi connectivity index (χ4v) is 4.15. The number of aromatic nitrogens is 5. The van der Waals surface area contributed by atoms with E-state index in [1.165, 1.54) is 12.6 Å². The molecule has 5 rings (SSSR count). The minimum atomic E-state index is -0.613. The second kappa shape index (κ2) is 8.56. The summed E-state index contributed by atoms with van der Waals surface area (Å²) in [5, 5.41) is 5.88. The van der Waals surface area contributed by atoms with E-state index >= 15 is 0 Å². The maximum atomic E-state index is 12.2. The molecule has 0 bridgehead atoms. The number of nitrogens with zero attached hydrogens (tertiary/aromatic N) is 7. The van der Waals surface area contributed by atoms with Crippen LogP contribution in [0.15, 0.2) is 47.6 Å². The largest absolute Gasteiger partial charge is 0.495 e. The molecule has 0 N–H and O–H groups in total. The van der Waals surface area contributed by atoms with Crippen molar-refractivity contribution in [1.29, 1.82) is 0 Å². The smallest absolute Gasteiger partial charge is 0.247 e. The van der Waals surface area contributed by atoms with Crippen molar-refractivity contribution in [3.05, 3.63) is 48.2 Å². The van der Waals surface area contributed by atoms with Crippen LogP contribution >= 0.6 is 11.6 Å². The summed E-state index contributed by atoms with van der Waals surface area (Å²) in [6.07, 6.45) is 6.39. The van der Waals surface area contributed by atoms with Crippen molar-refractivity contribution in [2.45, 2.75) is 6.17 Å². The van der Waals surface area contributed by atoms with E-state index in [0.717, 1.165) is 25.1 Å². The molecule has 1 aromatic carbocycles. The van der Waals surface area contributed by atoms with Gasteiger partial charge in [0, 0.05) is 44.1 Å². The fourth-order valence-electron chi connectivity index (χ4n) is 3.95. The number of hydrogen-bond donors (Lipinski definition) is 0. The number of carbonyl (C=O) groups excluding carboxylic acids is 1. The molecule has 1 unspecified atom stereocenters. The number of carbonyl (C=O) groups is 1. The van der Waals surface area contributed by atoms with Crippen LogP contribution < -0.4 is 9.64 Å². The number of aldehydes is 1. The molecule has 4 aromatic rings. The lowest BCUT2D eigenvalue weighted by Crippen LogP contribution is -2.49. The van der Waals surface area contributed by atoms with Gasteiger partial charge in [-0.1, -0.05) is 11.6 Å². The Morgan fingerprint density at radius 2 is 2.06 bits per heavy atom. The van der Waals surface area contributed by atoms with Gasteiger partial charge >= 0.3 is 0 Å². The number of ether oxygens (including phenoxy) is 1. The molecule has 1 fully saturated rings. The Balaban J connectivity index is 1.40. The lowest BCUT2D eigenvalue weighted by molar-refractivity contribution is -0.115. The van der Waals surface area contributed by atoms with Crippen molar-refractivity contribution < 1.29 is 13.9 Å². The summed E-state index contributed by atoms with van der Waals surface area (Å²) in [7, 11) is 1.60. The van der Waals surface area contributed by atoms with Crippen molar-refractivity contribution in [2.75, 3.05) is 38.2 Å². The maximum absolute atomic E-state index is 12.2. The zero-order chi connectivity index (χ0) is 22.1. The van der Waals surface area contributed by atoms with Crippen molar-refractivity contribution >= 4 is 34.6 Å². The zero-order valence-corrected chi connectivity index (χ0v) is 18.0. The number of oxazole rings is 1. The van der Waals surface area contributed by atoms with E-state index in [0.29, 0.717) is 46.5 Å². The van der Waals surface area contributed by atoms with Gasteiger partial charge < -0.3 is 14.1 Å². The van der Waals surface area contributed by atoms with Crippen LogP contribution in [0.3, 0.4) is 0 Å². The summed E-state index contributed by atoms with van der Waals surface area (Å²) in [6, 6.07) is 5.73. The molecule has 0 amide bonds. The number of hydrogen-bond acceptors (Lipinski definition) is 9. The summed E-state index contributed by atoms with van der Waals surface area (Å²) < 4.78 is 12.4. The van der Waals surface area contributed by atoms with Gasteiger partial charge in [-0.25, -0.2) is 19.6 Å². The molecule has 1 atom stereocenters. The molecule has 0 saturated carbocycles. The summed E-state index contributed by atoms with van der Waals surface area (Å²) in [5.41, 5.74) is 2.08. The highest BCUT2D eigenvalue weighted by atomic mass is 35.5. The van der Waals surface area contributed by atoms with Gasteiger partial charge in [-0.3, -0.25) is 9.69 Å². The molecule has 1 aliphatic heterocycles. The Hall–Kier alpha value is -3.50. The molecule has 0 radical (unpaired) electrons. The van der Waals surface area contributed by atoms with Crippen molar-refractivity contribution in [2.24, 2.45) is 0 Å². The topological polar surface area (TPSA) is 102 Å². The quantitative estimate of drug-likeness (QED) is 0.407. The normalized spacial score (nSPS) is 15.8. The molecular weight excluding hydrogens is 434 g/mol. The van der Waals surface area contributed by atoms with Crippen LogP contribution in [-0.4, -0.2) is 69.2 Å². The molecule has 1 aliphatic rings. The average molecular weight is 454 g/mol. The summed E-state index contributed by atoms with van der Waals surface area (Å²) >= 11 is 6.15. The SMILES string of the molecule is COc1cc(N2CCN(C(C=O)n3nc(-c4ncco4)c4cncnc43)CC2)ccc1Cl. The van der Waals surface area contributed by atoms with Gasteiger partial charge in [-0.05, 0) is 12.1 Å². The highest BCUT2D eigenvalue weighted by Gasteiger charge is 2.29. The number of methoxy groups -OCH3 is 1. The molecule has 32 heavy (non-hydrogen) atoms. The Morgan fingerprint density at radius 3 is 2.78 bits per heavy atom. The fraction of sp³-hybridized carbons (Fsp3) is 0.286. The highest BCUT2D eigenvalue weighted by molar-refractivity contribution is 6.32. The van der Waals surface area contributed by atoms with Gasteiger partial charge in [-0.15, -0.1) is 0 Å². The highest BCUT2D eigenvalue weighted by Crippen LogP contribution is 2.31. The number of rotatable bonds is 6. The van der Waals surface area contributed by atoms with Gasteiger partial charge in [0.2, 0.25) is 5.89 Å². The average Bonchev–Trinajstić information content (AvgIpc) is 3.49. The van der Waals surface area contributed by atoms with Gasteiger partial charge in [0.25, 0.3) is 0 Å². The minimum Gasteiger partial charge on any atom is -0.495 e. The van der Waals surface area contributed by atoms with Crippen LogP contribution in [0.25, 0.3) is 22.6 Å². The minimum absolute atomic E-state index is 0.356. The Bertz CT molecular complexity index is 1240. The Kier molecular flexibility index (Phi) is 5.46. The maximum Gasteiger partial charge on any atom is 0.247 e. The van der Waals surface area contributed by atoms with Crippen molar-refractivity contribution in [3.8, 4) is 17.3 Å². The van der Waals surface area contributed by atoms with Gasteiger partial charge in [0.15, 0.2) is 23.8 Å². The van der Waals surface area contributed by atoms with Crippen molar-refractivity contribution in [3.63, 3.8) is 0 Å². The third kappa shape index (κ3) is 3.57. The number of halogens is 1. The number of benzene rings is 1. The summed E-state index contributed by atoms with van der Waals surface area (Å²) in [6.45, 7) is 2.79. The van der Waals surface area contributed by atoms with Crippen LogP contribution in [0, 0.1) is 0 Å². The van der Waals surface area contributed by atoms with Crippen molar-refractivity contribution in [1.82, 2.24) is 29.6 Å². The zero-order valence-electron chi connectivity index (χ0n) is 17.3. The van der Waals surface area contributed by atoms with Gasteiger partial charge in [0.05, 0.1) is 23.7 Å². The lowest BCUT2D eigenvalue weighted by Gasteiger charge is -2.38. The van der Waals surface area contributed by atoms with Gasteiger partial charge in [0.1, 0.15) is 18.3 Å². The third-order valence-electron chi connectivity index (χ3n) is 5.57. The first kappa shape index (κ1) is 20.4. The number of piperazine rings is 1. The molecule has 0 aliphatic carbocycles. The molecule has 0 spiro atoms. The molecule has 164 valence electrons. The summed E-state index contributed by atoms with van der Waals surface area (Å²) in [5.74, 6) is 0.994. The predicted molar refractivity (Wildman–Crippen MR) is 118 cm³/mol. The van der Waals surface area contributed by atoms with Crippen LogP contribution in [-0.2, 0) is 4.79 Å². The van der Waals surface area contributed by atoms with Gasteiger partial charge in [-0.2, -0.15) is 5.10 Å². The standard InChI is InChI=1S/C21H20ClN7O3/c1-31-17-10-14(2-3-16(17)22)27-5-7-28(8-6-27)18(12-30)29-20-15(11-23-13-25-20)19(26-29)21-24-4-9-32-21/h2-4,9-13,18H,5-8H2,1H3. The monoisotopic (exact) mass is 453 g/mol. The van der Waals surface area contributed by atoms with Crippen LogP contribution in [0.4, 0.5) is 5.69 Å². The molecule has 1 saturated heterocycles. The molecular formula is C21H20ClN7O3. The Morgan fingerprint density at radius 1 is 1.22 bits per heavy atom. The van der Waals surface area contributed by atoms with Crippen LogP contribution in [0.1, 0.15) is 6.17 Å².